The van der Waals surface area contributed by atoms with Crippen molar-refractivity contribution in [1.82, 2.24) is 4.90 Å². The van der Waals surface area contributed by atoms with Crippen LogP contribution in [0.4, 0.5) is 0 Å². The highest BCUT2D eigenvalue weighted by molar-refractivity contribution is 5.86. The summed E-state index contributed by atoms with van der Waals surface area (Å²) in [7, 11) is 1.35. The van der Waals surface area contributed by atoms with Gasteiger partial charge in [0.15, 0.2) is 0 Å². The number of benzene rings is 1. The molecule has 0 saturated heterocycles. The number of carbonyl (C=O) groups excluding carboxylic acids is 1. The lowest BCUT2D eigenvalue weighted by Crippen LogP contribution is -2.21. The molecule has 0 radical (unpaired) electrons. The van der Waals surface area contributed by atoms with Gasteiger partial charge in [0.1, 0.15) is 5.76 Å². The van der Waals surface area contributed by atoms with Gasteiger partial charge in [-0.1, -0.05) is 37.3 Å². The van der Waals surface area contributed by atoms with Gasteiger partial charge >= 0.3 is 5.97 Å². The van der Waals surface area contributed by atoms with Gasteiger partial charge in [-0.2, -0.15) is 0 Å². The van der Waals surface area contributed by atoms with Crippen molar-refractivity contribution >= 4 is 5.97 Å². The molecule has 0 unspecified atom stereocenters. The van der Waals surface area contributed by atoms with Crippen LogP contribution in [0.1, 0.15) is 28.8 Å². The van der Waals surface area contributed by atoms with Crippen LogP contribution in [0, 0.1) is 0 Å². The van der Waals surface area contributed by atoms with Gasteiger partial charge in [-0.25, -0.2) is 4.79 Å². The van der Waals surface area contributed by atoms with Gasteiger partial charge in [-0.3, -0.25) is 4.90 Å². The molecule has 2 aromatic rings. The van der Waals surface area contributed by atoms with Crippen molar-refractivity contribution in [2.45, 2.75) is 20.0 Å². The second kappa shape index (κ2) is 6.91. The maximum Gasteiger partial charge on any atom is 0.373 e. The van der Waals surface area contributed by atoms with Gasteiger partial charge in [-0.15, -0.1) is 0 Å². The molecule has 0 aliphatic heterocycles. The first-order valence-corrected chi connectivity index (χ1v) is 6.66. The van der Waals surface area contributed by atoms with E-state index in [1.807, 2.05) is 24.3 Å². The average Bonchev–Trinajstić information content (AvgIpc) is 2.95. The van der Waals surface area contributed by atoms with Crippen LogP contribution in [0.15, 0.2) is 46.9 Å². The molecule has 0 bridgehead atoms. The van der Waals surface area contributed by atoms with Crippen molar-refractivity contribution in [2.24, 2.45) is 0 Å². The molecule has 1 aromatic carbocycles. The summed E-state index contributed by atoms with van der Waals surface area (Å²) in [4.78, 5) is 13.6. The van der Waals surface area contributed by atoms with Crippen LogP contribution in [0.5, 0.6) is 0 Å². The van der Waals surface area contributed by atoms with Crippen LogP contribution in [0.25, 0.3) is 0 Å². The fourth-order valence-corrected chi connectivity index (χ4v) is 2.01. The van der Waals surface area contributed by atoms with E-state index in [9.17, 15) is 4.79 Å². The number of nitrogens with zero attached hydrogens (tertiary/aromatic N) is 1. The second-order valence-electron chi connectivity index (χ2n) is 4.55. The minimum Gasteiger partial charge on any atom is -0.463 e. The molecule has 0 N–H and O–H groups in total. The number of rotatable bonds is 6. The van der Waals surface area contributed by atoms with E-state index in [1.54, 1.807) is 6.07 Å². The largest absolute Gasteiger partial charge is 0.463 e. The zero-order chi connectivity index (χ0) is 14.4. The number of carbonyl (C=O) groups is 1. The predicted octanol–water partition coefficient (Wildman–Crippen LogP) is 3.09. The van der Waals surface area contributed by atoms with E-state index >= 15 is 0 Å². The van der Waals surface area contributed by atoms with Gasteiger partial charge in [-0.05, 0) is 24.2 Å². The first-order chi connectivity index (χ1) is 9.72. The molecular formula is C16H19NO3. The van der Waals surface area contributed by atoms with Crippen molar-refractivity contribution in [3.63, 3.8) is 0 Å². The Morgan fingerprint density at radius 2 is 1.90 bits per heavy atom. The average molecular weight is 273 g/mol. The van der Waals surface area contributed by atoms with E-state index in [0.29, 0.717) is 6.54 Å². The molecule has 1 heterocycles. The van der Waals surface area contributed by atoms with Crippen LogP contribution in [0.2, 0.25) is 0 Å². The standard InChI is InChI=1S/C16H19NO3/c1-3-17(11-13-7-5-4-6-8-13)12-14-9-10-15(20-14)16(18)19-2/h4-10H,3,11-12H2,1-2H3. The summed E-state index contributed by atoms with van der Waals surface area (Å²) in [5, 5.41) is 0. The Balaban J connectivity index is 1.99. The van der Waals surface area contributed by atoms with Crippen molar-refractivity contribution < 1.29 is 13.9 Å². The Hall–Kier alpha value is -2.07. The molecule has 0 spiro atoms. The molecule has 0 fully saturated rings. The monoisotopic (exact) mass is 273 g/mol. The number of methoxy groups -OCH3 is 1. The van der Waals surface area contributed by atoms with Crippen molar-refractivity contribution in [1.29, 1.82) is 0 Å². The maximum atomic E-state index is 11.3. The Labute approximate surface area is 119 Å². The number of hydrogen-bond acceptors (Lipinski definition) is 4. The second-order valence-corrected chi connectivity index (χ2v) is 4.55. The predicted molar refractivity (Wildman–Crippen MR) is 76.3 cm³/mol. The van der Waals surface area contributed by atoms with Gasteiger partial charge < -0.3 is 9.15 Å². The fourth-order valence-electron chi connectivity index (χ4n) is 2.01. The van der Waals surface area contributed by atoms with E-state index in [1.165, 1.54) is 12.7 Å². The van der Waals surface area contributed by atoms with Gasteiger partial charge in [0.25, 0.3) is 0 Å². The van der Waals surface area contributed by atoms with E-state index < -0.39 is 5.97 Å². The number of hydrogen-bond donors (Lipinski definition) is 0. The first kappa shape index (κ1) is 14.3. The zero-order valence-corrected chi connectivity index (χ0v) is 11.8. The van der Waals surface area contributed by atoms with E-state index in [2.05, 4.69) is 28.7 Å². The Morgan fingerprint density at radius 1 is 1.15 bits per heavy atom. The van der Waals surface area contributed by atoms with Crippen LogP contribution in [-0.2, 0) is 17.8 Å². The first-order valence-electron chi connectivity index (χ1n) is 6.66. The molecular weight excluding hydrogens is 254 g/mol. The summed E-state index contributed by atoms with van der Waals surface area (Å²) in [6.45, 7) is 4.53. The molecule has 0 aliphatic rings. The van der Waals surface area contributed by atoms with Crippen molar-refractivity contribution in [3.05, 3.63) is 59.5 Å². The summed E-state index contributed by atoms with van der Waals surface area (Å²) in [6, 6.07) is 13.7. The quantitative estimate of drug-likeness (QED) is 0.759. The minimum atomic E-state index is -0.442. The van der Waals surface area contributed by atoms with E-state index in [4.69, 9.17) is 4.42 Å². The lowest BCUT2D eigenvalue weighted by molar-refractivity contribution is 0.0561. The number of esters is 1. The zero-order valence-electron chi connectivity index (χ0n) is 11.8. The molecule has 2 rings (SSSR count). The minimum absolute atomic E-state index is 0.248. The Bertz CT molecular complexity index is 548. The maximum absolute atomic E-state index is 11.3. The highest BCUT2D eigenvalue weighted by Crippen LogP contribution is 2.13. The molecule has 106 valence electrons. The van der Waals surface area contributed by atoms with Crippen LogP contribution < -0.4 is 0 Å². The van der Waals surface area contributed by atoms with Gasteiger partial charge in [0, 0.05) is 6.54 Å². The van der Waals surface area contributed by atoms with Crippen LogP contribution in [-0.4, -0.2) is 24.5 Å². The molecule has 20 heavy (non-hydrogen) atoms. The smallest absolute Gasteiger partial charge is 0.373 e. The Kier molecular flexibility index (Phi) is 4.96. The molecule has 0 amide bonds. The van der Waals surface area contributed by atoms with Crippen molar-refractivity contribution in [3.8, 4) is 0 Å². The summed E-state index contributed by atoms with van der Waals surface area (Å²) in [6.07, 6.45) is 0. The lowest BCUT2D eigenvalue weighted by Gasteiger charge is -2.19. The molecule has 0 aliphatic carbocycles. The van der Waals surface area contributed by atoms with E-state index in [0.717, 1.165) is 18.8 Å². The summed E-state index contributed by atoms with van der Waals surface area (Å²) >= 11 is 0. The highest BCUT2D eigenvalue weighted by Gasteiger charge is 2.13. The summed E-state index contributed by atoms with van der Waals surface area (Å²) in [5.41, 5.74) is 1.26. The Morgan fingerprint density at radius 3 is 2.55 bits per heavy atom. The molecule has 4 heteroatoms. The van der Waals surface area contributed by atoms with Crippen LogP contribution >= 0.6 is 0 Å². The fraction of sp³-hybridized carbons (Fsp3) is 0.312. The number of ether oxygens (including phenoxy) is 1. The van der Waals surface area contributed by atoms with Gasteiger partial charge in [0.05, 0.1) is 13.7 Å². The lowest BCUT2D eigenvalue weighted by atomic mass is 10.2. The third kappa shape index (κ3) is 3.71. The van der Waals surface area contributed by atoms with Crippen molar-refractivity contribution in [2.75, 3.05) is 13.7 Å². The molecule has 4 nitrogen and oxygen atoms in total. The molecule has 0 atom stereocenters. The summed E-state index contributed by atoms with van der Waals surface area (Å²) < 4.78 is 10.1. The normalized spacial score (nSPS) is 10.8. The third-order valence-corrected chi connectivity index (χ3v) is 3.12. The SMILES string of the molecule is CCN(Cc1ccccc1)Cc1ccc(C(=O)OC)o1. The highest BCUT2D eigenvalue weighted by atomic mass is 16.5. The third-order valence-electron chi connectivity index (χ3n) is 3.12. The summed E-state index contributed by atoms with van der Waals surface area (Å²) in [5.74, 6) is 0.573. The topological polar surface area (TPSA) is 42.7 Å². The molecule has 1 aromatic heterocycles. The van der Waals surface area contributed by atoms with Gasteiger partial charge in [0.2, 0.25) is 5.76 Å². The molecule has 0 saturated carbocycles. The van der Waals surface area contributed by atoms with E-state index in [-0.39, 0.29) is 5.76 Å². The van der Waals surface area contributed by atoms with Crippen LogP contribution in [0.3, 0.4) is 0 Å². The number of furan rings is 1.